The van der Waals surface area contributed by atoms with Gasteiger partial charge in [0.15, 0.2) is 0 Å². The van der Waals surface area contributed by atoms with E-state index in [9.17, 15) is 9.59 Å². The molecule has 7 nitrogen and oxygen atoms in total. The van der Waals surface area contributed by atoms with Gasteiger partial charge in [0.2, 0.25) is 0 Å². The van der Waals surface area contributed by atoms with Crippen LogP contribution in [-0.4, -0.2) is 44.1 Å². The SMILES string of the molecule is COc1ccc(CN2CCCN(c3ccc(NC(=O)c4cccc(OC)c4)cc3)C2=O)cc1. The molecule has 4 rings (SSSR count). The first-order chi connectivity index (χ1) is 16.1. The van der Waals surface area contributed by atoms with Crippen molar-refractivity contribution < 1.29 is 19.1 Å². The molecule has 0 saturated carbocycles. The van der Waals surface area contributed by atoms with Crippen LogP contribution in [-0.2, 0) is 6.54 Å². The standard InChI is InChI=1S/C26H27N3O4/c1-32-23-13-7-19(8-14-23)18-28-15-4-16-29(26(28)31)22-11-9-21(10-12-22)27-25(30)20-5-3-6-24(17-20)33-2/h3,5-14,17H,4,15-16,18H2,1-2H3,(H,27,30). The zero-order valence-electron chi connectivity index (χ0n) is 18.8. The van der Waals surface area contributed by atoms with Crippen LogP contribution in [0.25, 0.3) is 0 Å². The molecule has 1 N–H and O–H groups in total. The van der Waals surface area contributed by atoms with Crippen molar-refractivity contribution in [2.75, 3.05) is 37.5 Å². The molecule has 170 valence electrons. The van der Waals surface area contributed by atoms with Crippen molar-refractivity contribution in [1.29, 1.82) is 0 Å². The van der Waals surface area contributed by atoms with Crippen molar-refractivity contribution in [3.63, 3.8) is 0 Å². The summed E-state index contributed by atoms with van der Waals surface area (Å²) in [4.78, 5) is 29.3. The molecule has 0 aromatic heterocycles. The number of nitrogens with one attached hydrogen (secondary N) is 1. The van der Waals surface area contributed by atoms with E-state index in [0.717, 1.165) is 30.0 Å². The largest absolute Gasteiger partial charge is 0.497 e. The third kappa shape index (κ3) is 5.26. The van der Waals surface area contributed by atoms with Gasteiger partial charge in [-0.3, -0.25) is 9.69 Å². The molecule has 1 saturated heterocycles. The minimum atomic E-state index is -0.221. The Morgan fingerprint density at radius 3 is 2.33 bits per heavy atom. The molecule has 0 radical (unpaired) electrons. The zero-order valence-corrected chi connectivity index (χ0v) is 18.8. The summed E-state index contributed by atoms with van der Waals surface area (Å²) in [6, 6.07) is 22.1. The highest BCUT2D eigenvalue weighted by molar-refractivity contribution is 6.04. The van der Waals surface area contributed by atoms with Crippen LogP contribution in [0.3, 0.4) is 0 Å². The lowest BCUT2D eigenvalue weighted by molar-refractivity contribution is 0.102. The summed E-state index contributed by atoms with van der Waals surface area (Å²) in [6.07, 6.45) is 0.885. The number of ether oxygens (including phenoxy) is 2. The van der Waals surface area contributed by atoms with E-state index in [1.54, 1.807) is 43.4 Å². The number of carbonyl (C=O) groups excluding carboxylic acids is 2. The summed E-state index contributed by atoms with van der Waals surface area (Å²) in [5.74, 6) is 1.20. The summed E-state index contributed by atoms with van der Waals surface area (Å²) < 4.78 is 10.4. The number of rotatable bonds is 7. The smallest absolute Gasteiger partial charge is 0.324 e. The molecule has 33 heavy (non-hydrogen) atoms. The molecular formula is C26H27N3O4. The third-order valence-corrected chi connectivity index (χ3v) is 5.61. The number of amides is 3. The first-order valence-electron chi connectivity index (χ1n) is 10.8. The van der Waals surface area contributed by atoms with Crippen LogP contribution < -0.4 is 19.7 Å². The lowest BCUT2D eigenvalue weighted by Crippen LogP contribution is -2.49. The molecule has 0 unspecified atom stereocenters. The van der Waals surface area contributed by atoms with Crippen molar-refractivity contribution in [2.45, 2.75) is 13.0 Å². The molecule has 0 bridgehead atoms. The fraction of sp³-hybridized carbons (Fsp3) is 0.231. The van der Waals surface area contributed by atoms with E-state index in [4.69, 9.17) is 9.47 Å². The monoisotopic (exact) mass is 445 g/mol. The fourth-order valence-electron chi connectivity index (χ4n) is 3.81. The van der Waals surface area contributed by atoms with Gasteiger partial charge in [-0.2, -0.15) is 0 Å². The number of hydrogen-bond acceptors (Lipinski definition) is 4. The Kier molecular flexibility index (Phi) is 6.78. The van der Waals surface area contributed by atoms with E-state index < -0.39 is 0 Å². The number of nitrogens with zero attached hydrogens (tertiary/aromatic N) is 2. The van der Waals surface area contributed by atoms with Gasteiger partial charge in [-0.15, -0.1) is 0 Å². The Bertz CT molecular complexity index is 1110. The molecule has 0 atom stereocenters. The predicted molar refractivity (Wildman–Crippen MR) is 128 cm³/mol. The maximum atomic E-state index is 13.1. The van der Waals surface area contributed by atoms with E-state index in [-0.39, 0.29) is 11.9 Å². The molecule has 1 fully saturated rings. The van der Waals surface area contributed by atoms with Gasteiger partial charge in [0.1, 0.15) is 11.5 Å². The number of benzene rings is 3. The van der Waals surface area contributed by atoms with Crippen LogP contribution in [0.4, 0.5) is 16.2 Å². The molecule has 3 aromatic rings. The van der Waals surface area contributed by atoms with E-state index in [2.05, 4.69) is 5.32 Å². The molecule has 1 aliphatic rings. The molecule has 1 heterocycles. The van der Waals surface area contributed by atoms with Crippen molar-refractivity contribution in [3.8, 4) is 11.5 Å². The Morgan fingerprint density at radius 1 is 0.909 bits per heavy atom. The Balaban J connectivity index is 1.40. The fourth-order valence-corrected chi connectivity index (χ4v) is 3.81. The second kappa shape index (κ2) is 10.1. The molecule has 0 aliphatic carbocycles. The van der Waals surface area contributed by atoms with E-state index >= 15 is 0 Å². The summed E-state index contributed by atoms with van der Waals surface area (Å²) in [7, 11) is 3.20. The maximum Gasteiger partial charge on any atom is 0.324 e. The zero-order chi connectivity index (χ0) is 23.2. The number of carbonyl (C=O) groups is 2. The summed E-state index contributed by atoms with van der Waals surface area (Å²) in [5.41, 5.74) is 3.03. The van der Waals surface area contributed by atoms with Gasteiger partial charge < -0.3 is 19.7 Å². The van der Waals surface area contributed by atoms with Crippen LogP contribution in [0.5, 0.6) is 11.5 Å². The van der Waals surface area contributed by atoms with Crippen molar-refractivity contribution in [1.82, 2.24) is 4.90 Å². The van der Waals surface area contributed by atoms with Gasteiger partial charge in [-0.1, -0.05) is 18.2 Å². The first kappa shape index (κ1) is 22.2. The molecule has 3 aromatic carbocycles. The van der Waals surface area contributed by atoms with Gasteiger partial charge in [-0.25, -0.2) is 4.79 Å². The second-order valence-electron chi connectivity index (χ2n) is 7.79. The predicted octanol–water partition coefficient (Wildman–Crippen LogP) is 4.79. The quantitative estimate of drug-likeness (QED) is 0.568. The summed E-state index contributed by atoms with van der Waals surface area (Å²) in [5, 5.41) is 2.88. The highest BCUT2D eigenvalue weighted by Crippen LogP contribution is 2.24. The topological polar surface area (TPSA) is 71.1 Å². The summed E-state index contributed by atoms with van der Waals surface area (Å²) in [6.45, 7) is 1.93. The van der Waals surface area contributed by atoms with Crippen LogP contribution >= 0.6 is 0 Å². The highest BCUT2D eigenvalue weighted by atomic mass is 16.5. The van der Waals surface area contributed by atoms with Crippen molar-refractivity contribution >= 4 is 23.3 Å². The maximum absolute atomic E-state index is 13.1. The van der Waals surface area contributed by atoms with Crippen LogP contribution in [0.1, 0.15) is 22.3 Å². The van der Waals surface area contributed by atoms with Gasteiger partial charge in [0.05, 0.1) is 14.2 Å². The van der Waals surface area contributed by atoms with E-state index in [1.165, 1.54) is 0 Å². The second-order valence-corrected chi connectivity index (χ2v) is 7.79. The third-order valence-electron chi connectivity index (χ3n) is 5.61. The first-order valence-corrected chi connectivity index (χ1v) is 10.8. The molecule has 7 heteroatoms. The Labute approximate surface area is 193 Å². The average molecular weight is 446 g/mol. The number of anilines is 2. The highest BCUT2D eigenvalue weighted by Gasteiger charge is 2.26. The van der Waals surface area contributed by atoms with Crippen LogP contribution in [0.15, 0.2) is 72.8 Å². The molecule has 3 amide bonds. The van der Waals surface area contributed by atoms with E-state index in [1.807, 2.05) is 53.4 Å². The van der Waals surface area contributed by atoms with Gasteiger partial charge in [0, 0.05) is 36.6 Å². The average Bonchev–Trinajstić information content (AvgIpc) is 2.86. The van der Waals surface area contributed by atoms with Gasteiger partial charge in [-0.05, 0) is 66.6 Å². The lowest BCUT2D eigenvalue weighted by Gasteiger charge is -2.35. The molecular weight excluding hydrogens is 418 g/mol. The number of methoxy groups -OCH3 is 2. The van der Waals surface area contributed by atoms with Crippen LogP contribution in [0, 0.1) is 0 Å². The van der Waals surface area contributed by atoms with E-state index in [0.29, 0.717) is 30.1 Å². The van der Waals surface area contributed by atoms with Crippen LogP contribution in [0.2, 0.25) is 0 Å². The normalized spacial score (nSPS) is 13.6. The minimum Gasteiger partial charge on any atom is -0.497 e. The minimum absolute atomic E-state index is 0.0229. The Hall–Kier alpha value is -4.00. The van der Waals surface area contributed by atoms with Gasteiger partial charge >= 0.3 is 6.03 Å². The lowest BCUT2D eigenvalue weighted by atomic mass is 10.1. The van der Waals surface area contributed by atoms with Crippen molar-refractivity contribution in [2.24, 2.45) is 0 Å². The summed E-state index contributed by atoms with van der Waals surface area (Å²) >= 11 is 0. The number of urea groups is 1. The molecule has 1 aliphatic heterocycles. The molecule has 0 spiro atoms. The number of hydrogen-bond donors (Lipinski definition) is 1. The van der Waals surface area contributed by atoms with Crippen molar-refractivity contribution in [3.05, 3.63) is 83.9 Å². The Morgan fingerprint density at radius 2 is 1.64 bits per heavy atom. The van der Waals surface area contributed by atoms with Gasteiger partial charge in [0.25, 0.3) is 5.91 Å².